The molecule has 5 nitrogen and oxygen atoms in total. The van der Waals surface area contributed by atoms with Crippen LogP contribution in [0.4, 0.5) is 0 Å². The van der Waals surface area contributed by atoms with Gasteiger partial charge in [-0.05, 0) is 183 Å². The van der Waals surface area contributed by atoms with E-state index in [4.69, 9.17) is 14.2 Å². The Balaban J connectivity index is 0.941. The molecule has 0 spiro atoms. The Labute approximate surface area is 393 Å². The molecule has 0 heterocycles. The van der Waals surface area contributed by atoms with Crippen molar-refractivity contribution < 1.29 is 14.2 Å². The molecule has 2 saturated carbocycles. The molecule has 8 rings (SSSR count). The van der Waals surface area contributed by atoms with Crippen molar-refractivity contribution in [3.63, 3.8) is 0 Å². The minimum atomic E-state index is -0.204. The summed E-state index contributed by atoms with van der Waals surface area (Å²) in [6.07, 6.45) is 12.9. The topological polar surface area (TPSA) is 51.8 Å². The Bertz CT molecular complexity index is 2100. The van der Waals surface area contributed by atoms with Crippen LogP contribution in [-0.2, 0) is 27.4 Å². The van der Waals surface area contributed by atoms with Crippen LogP contribution >= 0.6 is 0 Å². The van der Waals surface area contributed by atoms with Gasteiger partial charge in [-0.1, -0.05) is 125 Å². The molecule has 65 heavy (non-hydrogen) atoms. The zero-order valence-corrected chi connectivity index (χ0v) is 41.5. The molecule has 4 bridgehead atoms. The van der Waals surface area contributed by atoms with E-state index in [2.05, 4.69) is 189 Å². The minimum absolute atomic E-state index is 0.0349. The van der Waals surface area contributed by atoms with Crippen molar-refractivity contribution in [3.05, 3.63) is 154 Å². The first-order valence-corrected chi connectivity index (χ1v) is 25.3. The summed E-state index contributed by atoms with van der Waals surface area (Å²) in [6.45, 7) is 25.1. The summed E-state index contributed by atoms with van der Waals surface area (Å²) >= 11 is 0. The van der Waals surface area contributed by atoms with E-state index in [1.807, 2.05) is 0 Å². The van der Waals surface area contributed by atoms with E-state index in [-0.39, 0.29) is 35.4 Å². The van der Waals surface area contributed by atoms with Crippen molar-refractivity contribution in [1.29, 1.82) is 0 Å². The van der Waals surface area contributed by atoms with Crippen LogP contribution in [0, 0.1) is 35.5 Å². The third-order valence-corrected chi connectivity index (χ3v) is 15.1. The molecule has 348 valence electrons. The molecule has 4 aliphatic carbocycles. The lowest BCUT2D eigenvalue weighted by atomic mass is 9.87. The number of nitrogens with one attached hydrogen (secondary N) is 2. The molecule has 8 unspecified atom stereocenters. The quantitative estimate of drug-likeness (QED) is 0.0824. The predicted molar refractivity (Wildman–Crippen MR) is 270 cm³/mol. The molecule has 2 fully saturated rings. The Hall–Kier alpha value is -3.84. The van der Waals surface area contributed by atoms with E-state index in [0.29, 0.717) is 61.9 Å². The van der Waals surface area contributed by atoms with Gasteiger partial charge >= 0.3 is 0 Å². The van der Waals surface area contributed by atoms with Crippen molar-refractivity contribution in [2.24, 2.45) is 35.5 Å². The van der Waals surface area contributed by atoms with Crippen LogP contribution in [0.3, 0.4) is 0 Å². The summed E-state index contributed by atoms with van der Waals surface area (Å²) in [7, 11) is 0. The van der Waals surface area contributed by atoms with Gasteiger partial charge in [0.2, 0.25) is 0 Å². The monoisotopic (exact) mass is 877 g/mol. The maximum Gasteiger partial charge on any atom is 0.0803 e. The van der Waals surface area contributed by atoms with E-state index in [9.17, 15) is 0 Å². The molecule has 4 aliphatic rings. The van der Waals surface area contributed by atoms with Gasteiger partial charge in [0.25, 0.3) is 0 Å². The summed E-state index contributed by atoms with van der Waals surface area (Å²) in [5.41, 5.74) is 13.1. The van der Waals surface area contributed by atoms with Crippen LogP contribution in [0.1, 0.15) is 177 Å². The first-order chi connectivity index (χ1) is 31.1. The third-order valence-electron chi connectivity index (χ3n) is 15.1. The number of rotatable bonds is 22. The summed E-state index contributed by atoms with van der Waals surface area (Å²) in [4.78, 5) is 0. The summed E-state index contributed by atoms with van der Waals surface area (Å²) in [5.74, 6) is 3.63. The molecule has 0 radical (unpaired) electrons. The van der Waals surface area contributed by atoms with Crippen LogP contribution in [0.2, 0.25) is 0 Å². The maximum atomic E-state index is 6.80. The fraction of sp³-hybridized carbons (Fsp3) is 0.533. The summed E-state index contributed by atoms with van der Waals surface area (Å²) < 4.78 is 20.2. The van der Waals surface area contributed by atoms with Gasteiger partial charge in [0.05, 0.1) is 38.6 Å². The van der Waals surface area contributed by atoms with Gasteiger partial charge < -0.3 is 24.8 Å². The first-order valence-electron chi connectivity index (χ1n) is 25.3. The molecule has 0 saturated heterocycles. The number of allylic oxidation sites excluding steroid dienone is 4. The average molecular weight is 877 g/mol. The number of ether oxygens (including phenoxy) is 3. The van der Waals surface area contributed by atoms with Crippen LogP contribution in [0.15, 0.2) is 109 Å². The van der Waals surface area contributed by atoms with Gasteiger partial charge in [-0.15, -0.1) is 0 Å². The van der Waals surface area contributed by atoms with Crippen LogP contribution in [0.5, 0.6) is 0 Å². The Morgan fingerprint density at radius 2 is 0.923 bits per heavy atom. The molecule has 8 atom stereocenters. The van der Waals surface area contributed by atoms with Crippen molar-refractivity contribution in [2.45, 2.75) is 156 Å². The molecular weight excluding hydrogens is 797 g/mol. The van der Waals surface area contributed by atoms with E-state index in [1.54, 1.807) is 0 Å². The fourth-order valence-corrected chi connectivity index (χ4v) is 11.5. The third kappa shape index (κ3) is 11.7. The van der Waals surface area contributed by atoms with E-state index in [1.165, 1.54) is 94.2 Å². The lowest BCUT2D eigenvalue weighted by molar-refractivity contribution is 0.0219. The Morgan fingerprint density at radius 1 is 0.523 bits per heavy atom. The second kappa shape index (κ2) is 20.6. The zero-order valence-electron chi connectivity index (χ0n) is 41.5. The summed E-state index contributed by atoms with van der Waals surface area (Å²) in [6, 6.07) is 36.2. The van der Waals surface area contributed by atoms with Crippen molar-refractivity contribution in [2.75, 3.05) is 13.2 Å². The molecule has 4 aromatic rings. The maximum absolute atomic E-state index is 6.80. The molecule has 5 heteroatoms. The molecule has 0 amide bonds. The number of benzene rings is 4. The highest BCUT2D eigenvalue weighted by molar-refractivity contribution is 5.75. The largest absolute Gasteiger partial charge is 0.372 e. The van der Waals surface area contributed by atoms with Crippen molar-refractivity contribution in [1.82, 2.24) is 10.6 Å². The SMILES string of the molecule is CC(OCC(C)(C)NC(c1ccccc1)C(C)C)c1ccc(COCc2ccc(C(C)OCC(C)(C)NC(c3ccccc3)C(C)C)c(C3=CC4CCC3C4)c2)cc1C1=CC2CCC1C2. The predicted octanol–water partition coefficient (Wildman–Crippen LogP) is 14.7. The lowest BCUT2D eigenvalue weighted by Crippen LogP contribution is -2.47. The molecule has 0 aromatic heterocycles. The minimum Gasteiger partial charge on any atom is -0.372 e. The van der Waals surface area contributed by atoms with Gasteiger partial charge in [-0.3, -0.25) is 0 Å². The van der Waals surface area contributed by atoms with E-state index in [0.717, 1.165) is 0 Å². The van der Waals surface area contributed by atoms with Gasteiger partial charge in [-0.25, -0.2) is 0 Å². The average Bonchev–Trinajstić information content (AvgIpc) is 4.14. The van der Waals surface area contributed by atoms with Gasteiger partial charge in [0.1, 0.15) is 0 Å². The molecule has 4 aromatic carbocycles. The molecule has 0 aliphatic heterocycles. The number of fused-ring (bicyclic) bond motifs is 4. The van der Waals surface area contributed by atoms with Gasteiger partial charge in [0.15, 0.2) is 0 Å². The standard InChI is InChI=1S/C60H80N2O3/c1-39(2)57(47-17-13-11-14-18-47)61-59(7,8)37-64-41(5)51-27-23-45(33-55(51)53-31-43-21-25-49(53)29-43)35-63-36-46-24-28-52(56(34-46)54-32-44-22-26-50(54)30-44)42(6)65-38-60(9,10)62-58(40(3)4)48-19-15-12-16-20-48/h11-20,23-24,27-28,31-34,39-44,49-50,57-58,61-62H,21-22,25-26,29-30,35-38H2,1-10H3. The van der Waals surface area contributed by atoms with Crippen LogP contribution < -0.4 is 10.6 Å². The second-order valence-corrected chi connectivity index (χ2v) is 22.3. The van der Waals surface area contributed by atoms with Crippen LogP contribution in [-0.4, -0.2) is 24.3 Å². The Morgan fingerprint density at radius 3 is 1.26 bits per heavy atom. The van der Waals surface area contributed by atoms with Crippen molar-refractivity contribution >= 4 is 11.1 Å². The highest BCUT2D eigenvalue weighted by Crippen LogP contribution is 2.51. The lowest BCUT2D eigenvalue weighted by Gasteiger charge is -2.35. The Kier molecular flexibility index (Phi) is 15.1. The normalized spacial score (nSPS) is 22.4. The zero-order chi connectivity index (χ0) is 45.9. The second-order valence-electron chi connectivity index (χ2n) is 22.3. The number of hydrogen-bond acceptors (Lipinski definition) is 5. The highest BCUT2D eigenvalue weighted by atomic mass is 16.5. The molecule has 2 N–H and O–H groups in total. The highest BCUT2D eigenvalue weighted by Gasteiger charge is 2.37. The smallest absolute Gasteiger partial charge is 0.0803 e. The molecular formula is C60H80N2O3. The van der Waals surface area contributed by atoms with Crippen molar-refractivity contribution in [3.8, 4) is 0 Å². The first kappa shape index (κ1) is 47.6. The van der Waals surface area contributed by atoms with Gasteiger partial charge in [0, 0.05) is 23.2 Å². The fourth-order valence-electron chi connectivity index (χ4n) is 11.5. The summed E-state index contributed by atoms with van der Waals surface area (Å²) in [5, 5.41) is 7.89. The van der Waals surface area contributed by atoms with E-state index < -0.39 is 0 Å². The van der Waals surface area contributed by atoms with E-state index >= 15 is 0 Å². The van der Waals surface area contributed by atoms with Gasteiger partial charge in [-0.2, -0.15) is 0 Å². The van der Waals surface area contributed by atoms with Crippen LogP contribution in [0.25, 0.3) is 11.1 Å². The number of hydrogen-bond donors (Lipinski definition) is 2.